The van der Waals surface area contributed by atoms with Crippen LogP contribution in [0, 0.1) is 0 Å². The molecule has 0 aliphatic rings. The lowest BCUT2D eigenvalue weighted by Crippen LogP contribution is -2.08. The molecule has 0 fully saturated rings. The van der Waals surface area contributed by atoms with Gasteiger partial charge in [0.15, 0.2) is 0 Å². The van der Waals surface area contributed by atoms with E-state index in [-0.39, 0.29) is 0 Å². The summed E-state index contributed by atoms with van der Waals surface area (Å²) in [5.41, 5.74) is 10.2. The molecule has 0 saturated heterocycles. The second-order valence-electron chi connectivity index (χ2n) is 6.62. The monoisotopic (exact) mass is 422 g/mol. The van der Waals surface area contributed by atoms with Crippen LogP contribution in [-0.2, 0) is 0 Å². The summed E-state index contributed by atoms with van der Waals surface area (Å²) < 4.78 is 0. The first-order chi connectivity index (χ1) is 15.4. The third-order valence-electron chi connectivity index (χ3n) is 4.36. The zero-order valence-corrected chi connectivity index (χ0v) is 17.7. The van der Waals surface area contributed by atoms with Gasteiger partial charge in [0.1, 0.15) is 10.1 Å². The van der Waals surface area contributed by atoms with Crippen LogP contribution in [0.4, 0.5) is 11.4 Å². The Morgan fingerprint density at radius 2 is 0.774 bits per heavy atom. The molecule has 0 aromatic heterocycles. The second-order valence-corrected chi connectivity index (χ2v) is 7.60. The highest BCUT2D eigenvalue weighted by molar-refractivity contribution is 8.27. The fourth-order valence-electron chi connectivity index (χ4n) is 2.80. The van der Waals surface area contributed by atoms with Crippen LogP contribution < -0.4 is 10.9 Å². The predicted molar refractivity (Wildman–Crippen MR) is 134 cm³/mol. The summed E-state index contributed by atoms with van der Waals surface area (Å²) >= 11 is 1.51. The minimum Gasteiger partial charge on any atom is -0.277 e. The van der Waals surface area contributed by atoms with Crippen LogP contribution in [0.2, 0.25) is 0 Å². The van der Waals surface area contributed by atoms with Crippen molar-refractivity contribution in [2.24, 2.45) is 10.2 Å². The van der Waals surface area contributed by atoms with E-state index in [0.29, 0.717) is 0 Å². The molecule has 31 heavy (non-hydrogen) atoms. The third kappa shape index (κ3) is 6.07. The third-order valence-corrected chi connectivity index (χ3v) is 5.40. The fourth-order valence-corrected chi connectivity index (χ4v) is 3.68. The Kier molecular flexibility index (Phi) is 7.13. The van der Waals surface area contributed by atoms with Crippen molar-refractivity contribution in [3.63, 3.8) is 0 Å². The zero-order valence-electron chi connectivity index (χ0n) is 16.8. The number of para-hydroxylation sites is 2. The SMILES string of the molecule is c1ccc(N/N=C(\S/C(=N\Nc2ccccc2)c2ccccc2)c2ccccc2)cc1. The van der Waals surface area contributed by atoms with E-state index in [2.05, 4.69) is 10.9 Å². The first-order valence-electron chi connectivity index (χ1n) is 9.95. The largest absolute Gasteiger partial charge is 0.277 e. The Bertz CT molecular complexity index is 1040. The van der Waals surface area contributed by atoms with Gasteiger partial charge in [0.05, 0.1) is 11.4 Å². The number of hydrogen-bond donors (Lipinski definition) is 2. The maximum Gasteiger partial charge on any atom is 0.130 e. The lowest BCUT2D eigenvalue weighted by Gasteiger charge is -2.11. The Hall–Kier alpha value is -3.83. The van der Waals surface area contributed by atoms with E-state index in [1.165, 1.54) is 11.8 Å². The number of hydrogen-bond acceptors (Lipinski definition) is 5. The molecule has 0 heterocycles. The minimum atomic E-state index is 0.821. The molecule has 0 aliphatic heterocycles. The van der Waals surface area contributed by atoms with Gasteiger partial charge in [-0.2, -0.15) is 10.2 Å². The van der Waals surface area contributed by atoms with Crippen molar-refractivity contribution in [1.82, 2.24) is 0 Å². The second kappa shape index (κ2) is 10.8. The zero-order chi connectivity index (χ0) is 21.1. The van der Waals surface area contributed by atoms with Crippen LogP contribution in [0.1, 0.15) is 11.1 Å². The lowest BCUT2D eigenvalue weighted by atomic mass is 10.2. The van der Waals surface area contributed by atoms with E-state index in [0.717, 1.165) is 32.6 Å². The van der Waals surface area contributed by atoms with Crippen LogP contribution in [-0.4, -0.2) is 10.1 Å². The first-order valence-corrected chi connectivity index (χ1v) is 10.8. The van der Waals surface area contributed by atoms with Gasteiger partial charge in [0.25, 0.3) is 0 Å². The normalized spacial score (nSPS) is 11.7. The summed E-state index contributed by atoms with van der Waals surface area (Å²) in [7, 11) is 0. The molecule has 4 nitrogen and oxygen atoms in total. The average Bonchev–Trinajstić information content (AvgIpc) is 2.86. The molecule has 0 atom stereocenters. The van der Waals surface area contributed by atoms with E-state index in [9.17, 15) is 0 Å². The predicted octanol–water partition coefficient (Wildman–Crippen LogP) is 6.67. The molecule has 4 aromatic carbocycles. The summed E-state index contributed by atoms with van der Waals surface area (Å²) in [6, 6.07) is 40.1. The summed E-state index contributed by atoms with van der Waals surface area (Å²) in [6.07, 6.45) is 0. The van der Waals surface area contributed by atoms with Crippen molar-refractivity contribution in [1.29, 1.82) is 0 Å². The van der Waals surface area contributed by atoms with Crippen LogP contribution in [0.15, 0.2) is 132 Å². The molecule has 0 saturated carbocycles. The molecule has 0 unspecified atom stereocenters. The Labute approximate surface area is 186 Å². The highest BCUT2D eigenvalue weighted by Gasteiger charge is 2.12. The van der Waals surface area contributed by atoms with Gasteiger partial charge in [-0.05, 0) is 36.0 Å². The van der Waals surface area contributed by atoms with Crippen LogP contribution in [0.5, 0.6) is 0 Å². The van der Waals surface area contributed by atoms with Gasteiger partial charge in [-0.25, -0.2) is 0 Å². The lowest BCUT2D eigenvalue weighted by molar-refractivity contribution is 1.34. The molecule has 2 N–H and O–H groups in total. The quantitative estimate of drug-likeness (QED) is 0.207. The molecule has 0 radical (unpaired) electrons. The number of nitrogens with zero attached hydrogens (tertiary/aromatic N) is 2. The summed E-state index contributed by atoms with van der Waals surface area (Å²) in [5, 5.41) is 11.1. The Balaban J connectivity index is 1.66. The van der Waals surface area contributed by atoms with E-state index in [4.69, 9.17) is 10.2 Å². The van der Waals surface area contributed by atoms with E-state index >= 15 is 0 Å². The number of rotatable bonds is 6. The van der Waals surface area contributed by atoms with E-state index in [1.54, 1.807) is 0 Å². The molecule has 152 valence electrons. The number of benzene rings is 4. The molecular weight excluding hydrogens is 400 g/mol. The first kappa shape index (κ1) is 20.4. The highest BCUT2D eigenvalue weighted by atomic mass is 32.2. The molecule has 0 amide bonds. The molecule has 5 heteroatoms. The van der Waals surface area contributed by atoms with Crippen molar-refractivity contribution >= 4 is 33.2 Å². The standard InChI is InChI=1S/C26H22N4S/c1-5-13-21(14-6-1)25(29-27-23-17-9-3-10-18-23)31-26(22-15-7-2-8-16-22)30-28-24-19-11-4-12-20-24/h1-20,27-28H/b29-25-,30-26-. The van der Waals surface area contributed by atoms with Gasteiger partial charge in [0, 0.05) is 11.1 Å². The molecule has 4 rings (SSSR count). The van der Waals surface area contributed by atoms with Crippen LogP contribution >= 0.6 is 11.8 Å². The van der Waals surface area contributed by atoms with Gasteiger partial charge >= 0.3 is 0 Å². The minimum absolute atomic E-state index is 0.821. The van der Waals surface area contributed by atoms with Crippen LogP contribution in [0.3, 0.4) is 0 Å². The summed E-state index contributed by atoms with van der Waals surface area (Å²) in [6.45, 7) is 0. The summed E-state index contributed by atoms with van der Waals surface area (Å²) in [4.78, 5) is 0. The molecule has 4 aromatic rings. The van der Waals surface area contributed by atoms with Crippen molar-refractivity contribution in [3.05, 3.63) is 132 Å². The van der Waals surface area contributed by atoms with Gasteiger partial charge < -0.3 is 0 Å². The number of anilines is 2. The topological polar surface area (TPSA) is 48.8 Å². The van der Waals surface area contributed by atoms with Crippen molar-refractivity contribution in [2.75, 3.05) is 10.9 Å². The fraction of sp³-hybridized carbons (Fsp3) is 0. The van der Waals surface area contributed by atoms with Crippen molar-refractivity contribution in [2.45, 2.75) is 0 Å². The van der Waals surface area contributed by atoms with E-state index < -0.39 is 0 Å². The average molecular weight is 423 g/mol. The van der Waals surface area contributed by atoms with Gasteiger partial charge in [-0.3, -0.25) is 10.9 Å². The maximum absolute atomic E-state index is 4.71. The van der Waals surface area contributed by atoms with Gasteiger partial charge in [-0.1, -0.05) is 97.1 Å². The van der Waals surface area contributed by atoms with Gasteiger partial charge in [0.2, 0.25) is 0 Å². The number of nitrogens with one attached hydrogen (secondary N) is 2. The Morgan fingerprint density at radius 3 is 1.13 bits per heavy atom. The Morgan fingerprint density at radius 1 is 0.452 bits per heavy atom. The molecule has 0 spiro atoms. The number of hydrazone groups is 2. The van der Waals surface area contributed by atoms with Crippen LogP contribution in [0.25, 0.3) is 0 Å². The molecule has 0 bridgehead atoms. The van der Waals surface area contributed by atoms with E-state index in [1.807, 2.05) is 121 Å². The summed E-state index contributed by atoms with van der Waals surface area (Å²) in [5.74, 6) is 0. The smallest absolute Gasteiger partial charge is 0.130 e. The molecule has 0 aliphatic carbocycles. The van der Waals surface area contributed by atoms with Crippen molar-refractivity contribution in [3.8, 4) is 0 Å². The van der Waals surface area contributed by atoms with Crippen molar-refractivity contribution < 1.29 is 0 Å². The number of thioether (sulfide) groups is 1. The molecular formula is C26H22N4S. The maximum atomic E-state index is 4.71. The van der Waals surface area contributed by atoms with Gasteiger partial charge in [-0.15, -0.1) is 0 Å². The highest BCUT2D eigenvalue weighted by Crippen LogP contribution is 2.22.